The van der Waals surface area contributed by atoms with E-state index in [1.165, 1.54) is 0 Å². The number of aliphatic carboxylic acids is 1. The van der Waals surface area contributed by atoms with Crippen LogP contribution in [0.15, 0.2) is 53.0 Å². The molecule has 2 rings (SSSR count). The fourth-order valence-electron chi connectivity index (χ4n) is 2.02. The summed E-state index contributed by atoms with van der Waals surface area (Å²) in [5.41, 5.74) is 1.45. The second-order valence-electron chi connectivity index (χ2n) is 4.91. The number of carbonyl (C=O) groups excluding carboxylic acids is 2. The van der Waals surface area contributed by atoms with Crippen LogP contribution in [0.1, 0.15) is 15.9 Å². The minimum absolute atomic E-state index is 0.135. The van der Waals surface area contributed by atoms with Gasteiger partial charge in [-0.3, -0.25) is 14.4 Å². The summed E-state index contributed by atoms with van der Waals surface area (Å²) in [7, 11) is 0. The summed E-state index contributed by atoms with van der Waals surface area (Å²) in [4.78, 5) is 34.7. The van der Waals surface area contributed by atoms with Gasteiger partial charge in [-0.05, 0) is 18.2 Å². The van der Waals surface area contributed by atoms with Crippen LogP contribution in [0.5, 0.6) is 0 Å². The molecule has 0 atom stereocenters. The summed E-state index contributed by atoms with van der Waals surface area (Å²) < 4.78 is 0.739. The van der Waals surface area contributed by atoms with E-state index in [1.54, 1.807) is 42.5 Å². The third kappa shape index (κ3) is 4.92. The van der Waals surface area contributed by atoms with E-state index >= 15 is 0 Å². The Morgan fingerprint density at radius 1 is 1.00 bits per heavy atom. The molecule has 1 amide bonds. The summed E-state index contributed by atoms with van der Waals surface area (Å²) >= 11 is 3.33. The van der Waals surface area contributed by atoms with Gasteiger partial charge in [0.2, 0.25) is 5.91 Å². The highest BCUT2D eigenvalue weighted by Crippen LogP contribution is 2.23. The number of halogens is 1. The Hall–Kier alpha value is -2.67. The van der Waals surface area contributed by atoms with Gasteiger partial charge >= 0.3 is 5.97 Å². The Morgan fingerprint density at radius 3 is 2.38 bits per heavy atom. The van der Waals surface area contributed by atoms with Gasteiger partial charge in [0.1, 0.15) is 6.54 Å². The number of carboxylic acids is 1. The zero-order chi connectivity index (χ0) is 17.5. The first-order valence-corrected chi connectivity index (χ1v) is 7.88. The van der Waals surface area contributed by atoms with Crippen molar-refractivity contribution in [2.45, 2.75) is 0 Å². The number of carboxylic acid groups (broad SMARTS) is 1. The number of ketones is 1. The predicted octanol–water partition coefficient (Wildman–Crippen LogP) is 2.29. The van der Waals surface area contributed by atoms with Crippen LogP contribution in [0.2, 0.25) is 0 Å². The van der Waals surface area contributed by atoms with Crippen molar-refractivity contribution in [3.05, 3.63) is 64.1 Å². The van der Waals surface area contributed by atoms with E-state index in [0.717, 1.165) is 4.47 Å². The molecule has 0 aromatic heterocycles. The van der Waals surface area contributed by atoms with E-state index < -0.39 is 18.4 Å². The zero-order valence-corrected chi connectivity index (χ0v) is 14.2. The number of amides is 1. The molecule has 0 spiro atoms. The largest absolute Gasteiger partial charge is 0.480 e. The highest BCUT2D eigenvalue weighted by Gasteiger charge is 2.15. The first-order valence-electron chi connectivity index (χ1n) is 7.09. The van der Waals surface area contributed by atoms with Crippen molar-refractivity contribution in [1.82, 2.24) is 5.32 Å². The van der Waals surface area contributed by atoms with Crippen molar-refractivity contribution >= 4 is 39.3 Å². The van der Waals surface area contributed by atoms with Gasteiger partial charge in [-0.25, -0.2) is 0 Å². The maximum absolute atomic E-state index is 12.6. The first-order chi connectivity index (χ1) is 11.5. The minimum Gasteiger partial charge on any atom is -0.480 e. The molecule has 2 aromatic rings. The fourth-order valence-corrected chi connectivity index (χ4v) is 2.38. The number of anilines is 1. The van der Waals surface area contributed by atoms with Crippen LogP contribution in [-0.2, 0) is 9.59 Å². The monoisotopic (exact) mass is 390 g/mol. The van der Waals surface area contributed by atoms with Crippen molar-refractivity contribution < 1.29 is 19.5 Å². The van der Waals surface area contributed by atoms with E-state index in [0.29, 0.717) is 16.8 Å². The van der Waals surface area contributed by atoms with Gasteiger partial charge in [-0.1, -0.05) is 46.3 Å². The SMILES string of the molecule is O=C(O)CNC(=O)CNc1ccc(Br)cc1C(=O)c1ccccc1. The molecule has 0 aliphatic heterocycles. The Labute approximate surface area is 147 Å². The average molecular weight is 391 g/mol. The molecule has 0 aliphatic carbocycles. The number of rotatable bonds is 7. The maximum atomic E-state index is 12.6. The van der Waals surface area contributed by atoms with Crippen LogP contribution in [0.3, 0.4) is 0 Å². The van der Waals surface area contributed by atoms with Gasteiger partial charge in [0.05, 0.1) is 6.54 Å². The van der Waals surface area contributed by atoms with Crippen molar-refractivity contribution in [1.29, 1.82) is 0 Å². The minimum atomic E-state index is -1.12. The Morgan fingerprint density at radius 2 is 1.71 bits per heavy atom. The molecular weight excluding hydrogens is 376 g/mol. The highest BCUT2D eigenvalue weighted by atomic mass is 79.9. The number of benzene rings is 2. The third-order valence-electron chi connectivity index (χ3n) is 3.14. The Bertz CT molecular complexity index is 762. The second-order valence-corrected chi connectivity index (χ2v) is 5.82. The molecule has 0 heterocycles. The second kappa shape index (κ2) is 8.26. The number of nitrogens with one attached hydrogen (secondary N) is 2. The van der Waals surface area contributed by atoms with Gasteiger partial charge < -0.3 is 15.7 Å². The smallest absolute Gasteiger partial charge is 0.322 e. The number of hydrogen-bond donors (Lipinski definition) is 3. The first kappa shape index (κ1) is 17.7. The van der Waals surface area contributed by atoms with Gasteiger partial charge in [0.15, 0.2) is 5.78 Å². The summed E-state index contributed by atoms with van der Waals surface area (Å²) in [6.45, 7) is -0.583. The van der Waals surface area contributed by atoms with Crippen LogP contribution in [0.25, 0.3) is 0 Å². The molecule has 2 aromatic carbocycles. The normalized spacial score (nSPS) is 10.0. The Balaban J connectivity index is 2.15. The summed E-state index contributed by atoms with van der Waals surface area (Å²) in [5.74, 6) is -1.77. The molecule has 0 radical (unpaired) electrons. The lowest BCUT2D eigenvalue weighted by Gasteiger charge is -2.12. The fraction of sp³-hybridized carbons (Fsp3) is 0.118. The lowest BCUT2D eigenvalue weighted by atomic mass is 10.0. The molecule has 24 heavy (non-hydrogen) atoms. The molecule has 0 unspecified atom stereocenters. The van der Waals surface area contributed by atoms with E-state index in [4.69, 9.17) is 5.11 Å². The molecule has 0 bridgehead atoms. The summed E-state index contributed by atoms with van der Waals surface area (Å²) in [6.07, 6.45) is 0. The van der Waals surface area contributed by atoms with E-state index in [-0.39, 0.29) is 12.3 Å². The molecule has 7 heteroatoms. The quantitative estimate of drug-likeness (QED) is 0.630. The van der Waals surface area contributed by atoms with Crippen molar-refractivity contribution in [3.8, 4) is 0 Å². The molecule has 0 aliphatic rings. The summed E-state index contributed by atoms with van der Waals surface area (Å²) in [5, 5.41) is 13.7. The van der Waals surface area contributed by atoms with Crippen LogP contribution in [-0.4, -0.2) is 35.9 Å². The van der Waals surface area contributed by atoms with Gasteiger partial charge in [0.25, 0.3) is 0 Å². The van der Waals surface area contributed by atoms with Gasteiger partial charge in [0, 0.05) is 21.3 Å². The predicted molar refractivity (Wildman–Crippen MR) is 93.2 cm³/mol. The van der Waals surface area contributed by atoms with Gasteiger partial charge in [-0.2, -0.15) is 0 Å². The number of carbonyl (C=O) groups is 3. The zero-order valence-electron chi connectivity index (χ0n) is 12.6. The molecule has 0 saturated carbocycles. The molecule has 0 saturated heterocycles. The third-order valence-corrected chi connectivity index (χ3v) is 3.63. The molecule has 3 N–H and O–H groups in total. The maximum Gasteiger partial charge on any atom is 0.322 e. The molecular formula is C17H15BrN2O4. The van der Waals surface area contributed by atoms with E-state index in [2.05, 4.69) is 26.6 Å². The number of hydrogen-bond acceptors (Lipinski definition) is 4. The van der Waals surface area contributed by atoms with Crippen LogP contribution >= 0.6 is 15.9 Å². The standard InChI is InChI=1S/C17H15BrN2O4/c18-12-6-7-14(19-9-15(21)20-10-16(22)23)13(8-12)17(24)11-4-2-1-3-5-11/h1-8,19H,9-10H2,(H,20,21)(H,22,23). The van der Waals surface area contributed by atoms with Crippen LogP contribution < -0.4 is 10.6 Å². The van der Waals surface area contributed by atoms with E-state index in [1.807, 2.05) is 6.07 Å². The molecule has 0 fully saturated rings. The van der Waals surface area contributed by atoms with Crippen molar-refractivity contribution in [3.63, 3.8) is 0 Å². The van der Waals surface area contributed by atoms with Crippen LogP contribution in [0, 0.1) is 0 Å². The average Bonchev–Trinajstić information content (AvgIpc) is 2.59. The van der Waals surface area contributed by atoms with Crippen LogP contribution in [0.4, 0.5) is 5.69 Å². The lowest BCUT2D eigenvalue weighted by molar-refractivity contribution is -0.137. The lowest BCUT2D eigenvalue weighted by Crippen LogP contribution is -2.34. The Kier molecular flexibility index (Phi) is 6.08. The van der Waals surface area contributed by atoms with Crippen molar-refractivity contribution in [2.75, 3.05) is 18.4 Å². The van der Waals surface area contributed by atoms with Gasteiger partial charge in [-0.15, -0.1) is 0 Å². The summed E-state index contributed by atoms with van der Waals surface area (Å²) in [6, 6.07) is 13.9. The molecule has 124 valence electrons. The topological polar surface area (TPSA) is 95.5 Å². The highest BCUT2D eigenvalue weighted by molar-refractivity contribution is 9.10. The van der Waals surface area contributed by atoms with Crippen molar-refractivity contribution in [2.24, 2.45) is 0 Å². The molecule has 6 nitrogen and oxygen atoms in total. The van der Waals surface area contributed by atoms with E-state index in [9.17, 15) is 14.4 Å².